The van der Waals surface area contributed by atoms with E-state index in [1.807, 2.05) is 23.6 Å². The van der Waals surface area contributed by atoms with Crippen LogP contribution in [-0.4, -0.2) is 19.1 Å². The first-order chi connectivity index (χ1) is 10.6. The Balaban J connectivity index is 1.93. The van der Waals surface area contributed by atoms with Crippen LogP contribution in [0.1, 0.15) is 28.1 Å². The highest BCUT2D eigenvalue weighted by Gasteiger charge is 2.36. The van der Waals surface area contributed by atoms with E-state index in [9.17, 15) is 4.79 Å². The van der Waals surface area contributed by atoms with Gasteiger partial charge in [-0.05, 0) is 57.9 Å². The fraction of sp³-hybridized carbons (Fsp3) is 0.312. The van der Waals surface area contributed by atoms with E-state index < -0.39 is 0 Å². The van der Waals surface area contributed by atoms with Crippen LogP contribution >= 0.6 is 43.2 Å². The number of carbonyl (C=O) groups is 1. The maximum absolute atomic E-state index is 12.7. The molecule has 116 valence electrons. The Morgan fingerprint density at radius 1 is 1.23 bits per heavy atom. The van der Waals surface area contributed by atoms with Crippen LogP contribution in [0.15, 0.2) is 44.7 Å². The van der Waals surface area contributed by atoms with Gasteiger partial charge in [-0.1, -0.05) is 28.1 Å². The number of thiophene rings is 1. The average molecular weight is 445 g/mol. The minimum absolute atomic E-state index is 0.0382. The van der Waals surface area contributed by atoms with Gasteiger partial charge in [0.15, 0.2) is 0 Å². The first-order valence-corrected chi connectivity index (χ1v) is 9.47. The molecule has 1 fully saturated rings. The lowest BCUT2D eigenvalue weighted by atomic mass is 9.82. The van der Waals surface area contributed by atoms with Gasteiger partial charge in [-0.15, -0.1) is 11.3 Å². The first-order valence-electron chi connectivity index (χ1n) is 7.00. The summed E-state index contributed by atoms with van der Waals surface area (Å²) in [6.07, 6.45) is 1.55. The topological polar surface area (TPSA) is 38.3 Å². The van der Waals surface area contributed by atoms with Crippen LogP contribution in [0.25, 0.3) is 0 Å². The van der Waals surface area contributed by atoms with Gasteiger partial charge in [-0.25, -0.2) is 0 Å². The maximum atomic E-state index is 12.7. The van der Waals surface area contributed by atoms with Crippen molar-refractivity contribution in [2.75, 3.05) is 13.2 Å². The molecule has 1 aromatic heterocycles. The lowest BCUT2D eigenvalue weighted by Gasteiger charge is -2.38. The van der Waals surface area contributed by atoms with Crippen LogP contribution in [0.3, 0.4) is 0 Å². The van der Waals surface area contributed by atoms with Crippen molar-refractivity contribution in [2.24, 2.45) is 0 Å². The summed E-state index contributed by atoms with van der Waals surface area (Å²) in [5.74, 6) is -0.0382. The summed E-state index contributed by atoms with van der Waals surface area (Å²) >= 11 is 8.40. The Morgan fingerprint density at radius 2 is 2.00 bits per heavy atom. The SMILES string of the molecule is O=C(NC1(c2cccc(Br)c2)CCOCC1)c1sccc1Br. The number of nitrogens with one attached hydrogen (secondary N) is 1. The highest BCUT2D eigenvalue weighted by Crippen LogP contribution is 2.34. The summed E-state index contributed by atoms with van der Waals surface area (Å²) in [7, 11) is 0. The zero-order chi connectivity index (χ0) is 15.6. The fourth-order valence-electron chi connectivity index (χ4n) is 2.72. The standard InChI is InChI=1S/C16H15Br2NO2S/c17-12-3-1-2-11(10-12)16(5-7-21-8-6-16)19-15(20)14-13(18)4-9-22-14/h1-4,9-10H,5-8H2,(H,19,20). The molecule has 0 radical (unpaired) electrons. The van der Waals surface area contributed by atoms with Crippen LogP contribution in [0.5, 0.6) is 0 Å². The predicted molar refractivity (Wildman–Crippen MR) is 95.4 cm³/mol. The molecule has 0 bridgehead atoms. The van der Waals surface area contributed by atoms with Gasteiger partial charge in [0.05, 0.1) is 5.54 Å². The highest BCUT2D eigenvalue weighted by atomic mass is 79.9. The molecule has 1 aliphatic rings. The highest BCUT2D eigenvalue weighted by molar-refractivity contribution is 9.10. The van der Waals surface area contributed by atoms with Crippen LogP contribution in [0.4, 0.5) is 0 Å². The molecule has 0 unspecified atom stereocenters. The lowest BCUT2D eigenvalue weighted by molar-refractivity contribution is 0.0346. The number of hydrogen-bond donors (Lipinski definition) is 1. The fourth-order valence-corrected chi connectivity index (χ4v) is 4.57. The van der Waals surface area contributed by atoms with Crippen molar-refractivity contribution in [2.45, 2.75) is 18.4 Å². The third kappa shape index (κ3) is 3.30. The Kier molecular flexibility index (Phi) is 5.02. The van der Waals surface area contributed by atoms with E-state index in [0.717, 1.165) is 27.4 Å². The van der Waals surface area contributed by atoms with Crippen molar-refractivity contribution in [3.63, 3.8) is 0 Å². The molecular formula is C16H15Br2NO2S. The molecule has 22 heavy (non-hydrogen) atoms. The van der Waals surface area contributed by atoms with Gasteiger partial charge in [0.2, 0.25) is 0 Å². The normalized spacial score (nSPS) is 17.2. The second-order valence-corrected chi connectivity index (χ2v) is 7.94. The van der Waals surface area contributed by atoms with Crippen molar-refractivity contribution in [1.82, 2.24) is 5.32 Å². The first kappa shape index (κ1) is 16.2. The Hall–Kier alpha value is -0.690. The van der Waals surface area contributed by atoms with Gasteiger partial charge < -0.3 is 10.1 Å². The molecule has 1 aromatic carbocycles. The zero-order valence-corrected chi connectivity index (χ0v) is 15.8. The molecule has 3 rings (SSSR count). The molecule has 1 saturated heterocycles. The molecule has 1 aliphatic heterocycles. The van der Waals surface area contributed by atoms with Crippen LogP contribution in [-0.2, 0) is 10.3 Å². The lowest BCUT2D eigenvalue weighted by Crippen LogP contribution is -2.49. The van der Waals surface area contributed by atoms with Crippen molar-refractivity contribution >= 4 is 49.1 Å². The molecule has 0 saturated carbocycles. The number of halogens is 2. The van der Waals surface area contributed by atoms with Crippen molar-refractivity contribution in [3.05, 3.63) is 55.1 Å². The van der Waals surface area contributed by atoms with E-state index in [4.69, 9.17) is 4.74 Å². The molecule has 6 heteroatoms. The number of benzene rings is 1. The van der Waals surface area contributed by atoms with E-state index in [-0.39, 0.29) is 11.4 Å². The van der Waals surface area contributed by atoms with Gasteiger partial charge in [0.25, 0.3) is 5.91 Å². The zero-order valence-electron chi connectivity index (χ0n) is 11.8. The van der Waals surface area contributed by atoms with E-state index >= 15 is 0 Å². The van der Waals surface area contributed by atoms with Crippen molar-refractivity contribution in [1.29, 1.82) is 0 Å². The van der Waals surface area contributed by atoms with Gasteiger partial charge in [0.1, 0.15) is 4.88 Å². The molecule has 1 N–H and O–H groups in total. The van der Waals surface area contributed by atoms with Gasteiger partial charge in [0, 0.05) is 22.2 Å². The van der Waals surface area contributed by atoms with E-state index in [1.165, 1.54) is 11.3 Å². The third-order valence-corrected chi connectivity index (χ3v) is 6.23. The van der Waals surface area contributed by atoms with Crippen molar-refractivity contribution in [3.8, 4) is 0 Å². The van der Waals surface area contributed by atoms with E-state index in [1.54, 1.807) is 0 Å². The summed E-state index contributed by atoms with van der Waals surface area (Å²) in [5, 5.41) is 5.17. The second kappa shape index (κ2) is 6.83. The Labute approximate surface area is 150 Å². The monoisotopic (exact) mass is 443 g/mol. The summed E-state index contributed by atoms with van der Waals surface area (Å²) in [4.78, 5) is 13.4. The van der Waals surface area contributed by atoms with Crippen molar-refractivity contribution < 1.29 is 9.53 Å². The molecule has 2 heterocycles. The second-order valence-electron chi connectivity index (χ2n) is 5.26. The molecule has 2 aromatic rings. The van der Waals surface area contributed by atoms with Gasteiger partial charge >= 0.3 is 0 Å². The quantitative estimate of drug-likeness (QED) is 0.744. The van der Waals surface area contributed by atoms with Gasteiger partial charge in [-0.2, -0.15) is 0 Å². The molecule has 0 atom stereocenters. The Bertz CT molecular complexity index is 680. The van der Waals surface area contributed by atoms with Crippen LogP contribution < -0.4 is 5.32 Å². The minimum Gasteiger partial charge on any atom is -0.381 e. The average Bonchev–Trinajstić information content (AvgIpc) is 2.94. The molecular weight excluding hydrogens is 430 g/mol. The van der Waals surface area contributed by atoms with Crippen LogP contribution in [0, 0.1) is 0 Å². The summed E-state index contributed by atoms with van der Waals surface area (Å²) in [6, 6.07) is 10.0. The number of rotatable bonds is 3. The number of hydrogen-bond acceptors (Lipinski definition) is 3. The summed E-state index contributed by atoms with van der Waals surface area (Å²) in [6.45, 7) is 1.30. The molecule has 1 amide bonds. The molecule has 3 nitrogen and oxygen atoms in total. The van der Waals surface area contributed by atoms with E-state index in [0.29, 0.717) is 18.1 Å². The van der Waals surface area contributed by atoms with Crippen LogP contribution in [0.2, 0.25) is 0 Å². The number of amides is 1. The molecule has 0 spiro atoms. The molecule has 0 aliphatic carbocycles. The minimum atomic E-state index is -0.372. The predicted octanol–water partition coefficient (Wildman–Crippen LogP) is 4.71. The van der Waals surface area contributed by atoms with E-state index in [2.05, 4.69) is 49.3 Å². The Morgan fingerprint density at radius 3 is 2.64 bits per heavy atom. The maximum Gasteiger partial charge on any atom is 0.263 e. The van der Waals surface area contributed by atoms with Gasteiger partial charge in [-0.3, -0.25) is 4.79 Å². The smallest absolute Gasteiger partial charge is 0.263 e. The third-order valence-electron chi connectivity index (χ3n) is 3.90. The summed E-state index contributed by atoms with van der Waals surface area (Å²) in [5.41, 5.74) is 0.744. The largest absolute Gasteiger partial charge is 0.381 e. The number of carbonyl (C=O) groups excluding carboxylic acids is 1. The summed E-state index contributed by atoms with van der Waals surface area (Å²) < 4.78 is 7.36. The number of ether oxygens (including phenoxy) is 1.